The molecule has 0 fully saturated rings. The number of nitrogens with one attached hydrogen (secondary N) is 1. The van der Waals surface area contributed by atoms with Gasteiger partial charge in [-0.3, -0.25) is 4.79 Å². The minimum absolute atomic E-state index is 0.0615. The van der Waals surface area contributed by atoms with Gasteiger partial charge >= 0.3 is 0 Å². The zero-order valence-electron chi connectivity index (χ0n) is 15.3. The van der Waals surface area contributed by atoms with Gasteiger partial charge in [0.05, 0.1) is 16.0 Å². The number of fused-ring (bicyclic) bond motifs is 4. The van der Waals surface area contributed by atoms with Crippen molar-refractivity contribution >= 4 is 65.9 Å². The van der Waals surface area contributed by atoms with Crippen molar-refractivity contribution in [2.24, 2.45) is 5.92 Å². The lowest BCUT2D eigenvalue weighted by molar-refractivity contribution is -0.113. The molecule has 0 saturated carbocycles. The van der Waals surface area contributed by atoms with Crippen LogP contribution in [0.5, 0.6) is 0 Å². The standard InChI is InChI=1S/C20H18N4OS3/c1-11-6-7-12-15(8-11)27-19-17(12)18(21-10-22-19)26-9-16(25)24-20-23-13-4-2-3-5-14(13)28-20/h2-5,10-11H,6-9H2,1H3,(H,23,24,25). The van der Waals surface area contributed by atoms with Crippen molar-refractivity contribution in [1.29, 1.82) is 0 Å². The average molecular weight is 427 g/mol. The highest BCUT2D eigenvalue weighted by molar-refractivity contribution is 8.00. The summed E-state index contributed by atoms with van der Waals surface area (Å²) in [6.45, 7) is 2.31. The maximum absolute atomic E-state index is 12.5. The van der Waals surface area contributed by atoms with Crippen LogP contribution in [0.15, 0.2) is 35.6 Å². The van der Waals surface area contributed by atoms with Gasteiger partial charge in [0.1, 0.15) is 16.2 Å². The van der Waals surface area contributed by atoms with Crippen molar-refractivity contribution in [1.82, 2.24) is 15.0 Å². The summed E-state index contributed by atoms with van der Waals surface area (Å²) in [5.41, 5.74) is 2.31. The van der Waals surface area contributed by atoms with Gasteiger partial charge in [0.25, 0.3) is 0 Å². The van der Waals surface area contributed by atoms with E-state index in [2.05, 4.69) is 27.2 Å². The van der Waals surface area contributed by atoms with E-state index >= 15 is 0 Å². The topological polar surface area (TPSA) is 67.8 Å². The van der Waals surface area contributed by atoms with Crippen LogP contribution in [0.2, 0.25) is 0 Å². The number of hydrogen-bond acceptors (Lipinski definition) is 7. The fourth-order valence-electron chi connectivity index (χ4n) is 3.57. The number of thiazole rings is 1. The lowest BCUT2D eigenvalue weighted by Gasteiger charge is -2.18. The van der Waals surface area contributed by atoms with Gasteiger partial charge in [0, 0.05) is 10.3 Å². The molecule has 5 nitrogen and oxygen atoms in total. The van der Waals surface area contributed by atoms with Gasteiger partial charge in [0.2, 0.25) is 5.91 Å². The molecule has 5 rings (SSSR count). The number of aromatic nitrogens is 3. The highest BCUT2D eigenvalue weighted by Crippen LogP contribution is 2.40. The van der Waals surface area contributed by atoms with E-state index in [0.717, 1.165) is 44.2 Å². The molecule has 0 radical (unpaired) electrons. The number of benzene rings is 1. The Morgan fingerprint density at radius 2 is 2.18 bits per heavy atom. The van der Waals surface area contributed by atoms with E-state index < -0.39 is 0 Å². The van der Waals surface area contributed by atoms with Gasteiger partial charge in [-0.05, 0) is 42.9 Å². The van der Waals surface area contributed by atoms with Crippen molar-refractivity contribution in [3.8, 4) is 0 Å². The predicted molar refractivity (Wildman–Crippen MR) is 118 cm³/mol. The average Bonchev–Trinajstić information content (AvgIpc) is 3.26. The number of thioether (sulfide) groups is 1. The van der Waals surface area contributed by atoms with Gasteiger partial charge in [0.15, 0.2) is 5.13 Å². The van der Waals surface area contributed by atoms with E-state index in [1.165, 1.54) is 40.0 Å². The molecule has 4 aromatic rings. The minimum atomic E-state index is -0.0615. The third-order valence-electron chi connectivity index (χ3n) is 4.94. The second kappa shape index (κ2) is 7.42. The predicted octanol–water partition coefficient (Wildman–Crippen LogP) is 5.16. The second-order valence-corrected chi connectivity index (χ2v) is 10.1. The first-order chi connectivity index (χ1) is 13.7. The molecule has 142 valence electrons. The number of nitrogens with zero attached hydrogens (tertiary/aromatic N) is 3. The molecule has 1 aliphatic carbocycles. The van der Waals surface area contributed by atoms with E-state index in [0.29, 0.717) is 10.9 Å². The van der Waals surface area contributed by atoms with Crippen LogP contribution in [0.4, 0.5) is 5.13 Å². The van der Waals surface area contributed by atoms with Crippen LogP contribution >= 0.6 is 34.4 Å². The third kappa shape index (κ3) is 3.40. The summed E-state index contributed by atoms with van der Waals surface area (Å²) in [4.78, 5) is 28.4. The molecular weight excluding hydrogens is 408 g/mol. The molecule has 1 unspecified atom stereocenters. The quantitative estimate of drug-likeness (QED) is 0.361. The maximum atomic E-state index is 12.5. The summed E-state index contributed by atoms with van der Waals surface area (Å²) in [6, 6.07) is 7.89. The zero-order valence-corrected chi connectivity index (χ0v) is 17.7. The molecule has 1 N–H and O–H groups in total. The van der Waals surface area contributed by atoms with Gasteiger partial charge < -0.3 is 5.32 Å². The van der Waals surface area contributed by atoms with Crippen LogP contribution in [-0.2, 0) is 17.6 Å². The molecule has 1 amide bonds. The highest BCUT2D eigenvalue weighted by Gasteiger charge is 2.23. The molecule has 3 heterocycles. The smallest absolute Gasteiger partial charge is 0.236 e. The van der Waals surface area contributed by atoms with Crippen molar-refractivity contribution in [3.05, 3.63) is 41.0 Å². The van der Waals surface area contributed by atoms with E-state index in [9.17, 15) is 4.79 Å². The first-order valence-corrected chi connectivity index (χ1v) is 11.8. The number of carbonyl (C=O) groups is 1. The molecule has 1 aliphatic rings. The fraction of sp³-hybridized carbons (Fsp3) is 0.300. The van der Waals surface area contributed by atoms with E-state index in [1.54, 1.807) is 17.7 Å². The van der Waals surface area contributed by atoms with Crippen LogP contribution in [0, 0.1) is 5.92 Å². The Kier molecular flexibility index (Phi) is 4.78. The fourth-order valence-corrected chi connectivity index (χ4v) is 6.69. The molecule has 28 heavy (non-hydrogen) atoms. The lowest BCUT2D eigenvalue weighted by Crippen LogP contribution is -2.14. The van der Waals surface area contributed by atoms with Crippen molar-refractivity contribution < 1.29 is 4.79 Å². The van der Waals surface area contributed by atoms with Gasteiger partial charge in [-0.2, -0.15) is 0 Å². The number of carbonyl (C=O) groups excluding carboxylic acids is 1. The summed E-state index contributed by atoms with van der Waals surface area (Å²) in [5.74, 6) is 0.973. The first-order valence-electron chi connectivity index (χ1n) is 9.21. The van der Waals surface area contributed by atoms with Gasteiger partial charge in [-0.25, -0.2) is 15.0 Å². The SMILES string of the molecule is CC1CCc2c(sc3ncnc(SCC(=O)Nc4nc5ccccc5s4)c23)C1. The molecule has 0 saturated heterocycles. The molecule has 1 atom stereocenters. The maximum Gasteiger partial charge on any atom is 0.236 e. The molecule has 3 aromatic heterocycles. The number of rotatable bonds is 4. The highest BCUT2D eigenvalue weighted by atomic mass is 32.2. The Morgan fingerprint density at radius 3 is 3.07 bits per heavy atom. The Labute approximate surface area is 174 Å². The lowest BCUT2D eigenvalue weighted by atomic mass is 9.89. The largest absolute Gasteiger partial charge is 0.301 e. The van der Waals surface area contributed by atoms with Gasteiger partial charge in [-0.15, -0.1) is 11.3 Å². The summed E-state index contributed by atoms with van der Waals surface area (Å²) in [6.07, 6.45) is 5.02. The summed E-state index contributed by atoms with van der Waals surface area (Å²) >= 11 is 4.76. The van der Waals surface area contributed by atoms with Crippen LogP contribution in [0.1, 0.15) is 23.8 Å². The monoisotopic (exact) mass is 426 g/mol. The van der Waals surface area contributed by atoms with Crippen LogP contribution < -0.4 is 5.32 Å². The molecule has 0 aliphatic heterocycles. The van der Waals surface area contributed by atoms with Crippen molar-refractivity contribution in [3.63, 3.8) is 0 Å². The molecular formula is C20H18N4OS3. The summed E-state index contributed by atoms with van der Waals surface area (Å²) in [7, 11) is 0. The number of anilines is 1. The van der Waals surface area contributed by atoms with E-state index in [4.69, 9.17) is 0 Å². The van der Waals surface area contributed by atoms with Crippen LogP contribution in [-0.4, -0.2) is 26.6 Å². The van der Waals surface area contributed by atoms with E-state index in [-0.39, 0.29) is 5.91 Å². The zero-order chi connectivity index (χ0) is 19.1. The van der Waals surface area contributed by atoms with Crippen LogP contribution in [0.25, 0.3) is 20.4 Å². The number of amides is 1. The minimum Gasteiger partial charge on any atom is -0.301 e. The molecule has 1 aromatic carbocycles. The van der Waals surface area contributed by atoms with E-state index in [1.807, 2.05) is 24.3 Å². The number of hydrogen-bond donors (Lipinski definition) is 1. The summed E-state index contributed by atoms with van der Waals surface area (Å²) in [5, 5.41) is 5.63. The molecule has 0 bridgehead atoms. The van der Waals surface area contributed by atoms with Gasteiger partial charge in [-0.1, -0.05) is 42.2 Å². The number of para-hydroxylation sites is 1. The number of aryl methyl sites for hydroxylation is 1. The Hall–Kier alpha value is -2.03. The van der Waals surface area contributed by atoms with Crippen molar-refractivity contribution in [2.45, 2.75) is 31.2 Å². The Bertz CT molecular complexity index is 1150. The Morgan fingerprint density at radius 1 is 1.29 bits per heavy atom. The van der Waals surface area contributed by atoms with Crippen molar-refractivity contribution in [2.75, 3.05) is 11.1 Å². The number of thiophene rings is 1. The first kappa shape index (κ1) is 18.0. The third-order valence-corrected chi connectivity index (χ3v) is 8.04. The van der Waals surface area contributed by atoms with Crippen LogP contribution in [0.3, 0.4) is 0 Å². The Balaban J connectivity index is 1.33. The second-order valence-electron chi connectivity index (χ2n) is 7.03. The molecule has 0 spiro atoms. The summed E-state index contributed by atoms with van der Waals surface area (Å²) < 4.78 is 1.07. The normalized spacial score (nSPS) is 16.4. The molecule has 8 heteroatoms.